The largest absolute Gasteiger partial charge is 0.492 e. The molecule has 0 fully saturated rings. The lowest BCUT2D eigenvalue weighted by atomic mass is 10.3. The SMILES string of the molecule is CCNCCCOc1ccccc1I. The summed E-state index contributed by atoms with van der Waals surface area (Å²) < 4.78 is 6.81. The lowest BCUT2D eigenvalue weighted by Crippen LogP contribution is -2.16. The van der Waals surface area contributed by atoms with Gasteiger partial charge in [-0.1, -0.05) is 19.1 Å². The van der Waals surface area contributed by atoms with Crippen molar-refractivity contribution < 1.29 is 4.74 Å². The molecule has 0 radical (unpaired) electrons. The molecule has 0 aromatic heterocycles. The first kappa shape index (κ1) is 11.8. The zero-order chi connectivity index (χ0) is 10.2. The first-order chi connectivity index (χ1) is 6.84. The van der Waals surface area contributed by atoms with E-state index in [9.17, 15) is 0 Å². The van der Waals surface area contributed by atoms with Gasteiger partial charge in [-0.3, -0.25) is 0 Å². The number of ether oxygens (including phenoxy) is 1. The number of rotatable bonds is 6. The van der Waals surface area contributed by atoms with Crippen molar-refractivity contribution in [1.29, 1.82) is 0 Å². The molecule has 0 heterocycles. The zero-order valence-corrected chi connectivity index (χ0v) is 10.6. The zero-order valence-electron chi connectivity index (χ0n) is 8.42. The molecule has 1 N–H and O–H groups in total. The topological polar surface area (TPSA) is 21.3 Å². The van der Waals surface area contributed by atoms with Crippen molar-refractivity contribution in [2.45, 2.75) is 13.3 Å². The monoisotopic (exact) mass is 305 g/mol. The second-order valence-corrected chi connectivity index (χ2v) is 4.15. The number of halogens is 1. The second-order valence-electron chi connectivity index (χ2n) is 2.99. The summed E-state index contributed by atoms with van der Waals surface area (Å²) >= 11 is 2.29. The maximum atomic E-state index is 5.64. The minimum absolute atomic E-state index is 0.785. The molecule has 0 amide bonds. The minimum Gasteiger partial charge on any atom is -0.492 e. The van der Waals surface area contributed by atoms with Crippen LogP contribution in [0, 0.1) is 3.57 Å². The van der Waals surface area contributed by atoms with Gasteiger partial charge in [0, 0.05) is 0 Å². The van der Waals surface area contributed by atoms with Crippen LogP contribution in [0.3, 0.4) is 0 Å². The fourth-order valence-electron chi connectivity index (χ4n) is 1.12. The van der Waals surface area contributed by atoms with Crippen molar-refractivity contribution >= 4 is 22.6 Å². The maximum absolute atomic E-state index is 5.64. The molecule has 1 rings (SSSR count). The summed E-state index contributed by atoms with van der Waals surface area (Å²) in [4.78, 5) is 0. The van der Waals surface area contributed by atoms with Gasteiger partial charge in [-0.2, -0.15) is 0 Å². The fourth-order valence-corrected chi connectivity index (χ4v) is 1.66. The Morgan fingerprint density at radius 3 is 2.86 bits per heavy atom. The highest BCUT2D eigenvalue weighted by Gasteiger charge is 1.97. The van der Waals surface area contributed by atoms with E-state index in [-0.39, 0.29) is 0 Å². The minimum atomic E-state index is 0.785. The van der Waals surface area contributed by atoms with E-state index < -0.39 is 0 Å². The van der Waals surface area contributed by atoms with Crippen LogP contribution < -0.4 is 10.1 Å². The van der Waals surface area contributed by atoms with E-state index in [1.54, 1.807) is 0 Å². The highest BCUT2D eigenvalue weighted by atomic mass is 127. The van der Waals surface area contributed by atoms with E-state index in [0.29, 0.717) is 0 Å². The predicted molar refractivity (Wildman–Crippen MR) is 67.8 cm³/mol. The Morgan fingerprint density at radius 1 is 1.36 bits per heavy atom. The molecule has 0 saturated carbocycles. The Bertz CT molecular complexity index is 265. The van der Waals surface area contributed by atoms with Crippen LogP contribution in [-0.4, -0.2) is 19.7 Å². The lowest BCUT2D eigenvalue weighted by Gasteiger charge is -2.07. The summed E-state index contributed by atoms with van der Waals surface area (Å²) in [5, 5.41) is 3.27. The molecule has 0 bridgehead atoms. The molecule has 0 atom stereocenters. The van der Waals surface area contributed by atoms with Crippen molar-refractivity contribution in [3.8, 4) is 5.75 Å². The van der Waals surface area contributed by atoms with Crippen LogP contribution in [0.4, 0.5) is 0 Å². The van der Waals surface area contributed by atoms with Crippen molar-refractivity contribution in [3.63, 3.8) is 0 Å². The van der Waals surface area contributed by atoms with Crippen LogP contribution in [0.15, 0.2) is 24.3 Å². The average molecular weight is 305 g/mol. The Kier molecular flexibility index (Phi) is 5.94. The molecule has 0 aliphatic heterocycles. The fraction of sp³-hybridized carbons (Fsp3) is 0.455. The predicted octanol–water partition coefficient (Wildman–Crippen LogP) is 2.67. The smallest absolute Gasteiger partial charge is 0.132 e. The van der Waals surface area contributed by atoms with E-state index in [1.807, 2.05) is 18.2 Å². The summed E-state index contributed by atoms with van der Waals surface area (Å²) in [7, 11) is 0. The molecule has 3 heteroatoms. The van der Waals surface area contributed by atoms with E-state index >= 15 is 0 Å². The van der Waals surface area contributed by atoms with Gasteiger partial charge in [0.15, 0.2) is 0 Å². The number of benzene rings is 1. The molecular weight excluding hydrogens is 289 g/mol. The van der Waals surface area contributed by atoms with Crippen molar-refractivity contribution in [2.75, 3.05) is 19.7 Å². The molecule has 1 aromatic rings. The van der Waals surface area contributed by atoms with E-state index in [2.05, 4.69) is 40.9 Å². The molecule has 1 aromatic carbocycles. The van der Waals surface area contributed by atoms with E-state index in [1.165, 1.54) is 3.57 Å². The normalized spacial score (nSPS) is 10.1. The van der Waals surface area contributed by atoms with Crippen LogP contribution >= 0.6 is 22.6 Å². The molecule has 0 spiro atoms. The van der Waals surface area contributed by atoms with Gasteiger partial charge in [0.1, 0.15) is 5.75 Å². The van der Waals surface area contributed by atoms with E-state index in [4.69, 9.17) is 4.74 Å². The summed E-state index contributed by atoms with van der Waals surface area (Å²) in [6.07, 6.45) is 1.05. The standard InChI is InChI=1S/C11H16INO/c1-2-13-8-5-9-14-11-7-4-3-6-10(11)12/h3-4,6-7,13H,2,5,8-9H2,1H3. The first-order valence-corrected chi connectivity index (χ1v) is 6.00. The Hall–Kier alpha value is -0.290. The van der Waals surface area contributed by atoms with Crippen LogP contribution in [0.5, 0.6) is 5.75 Å². The molecule has 2 nitrogen and oxygen atoms in total. The Balaban J connectivity index is 2.21. The van der Waals surface area contributed by atoms with Crippen LogP contribution in [0.25, 0.3) is 0 Å². The first-order valence-electron chi connectivity index (χ1n) is 4.92. The third kappa shape index (κ3) is 4.28. The molecule has 0 aliphatic rings. The highest BCUT2D eigenvalue weighted by Crippen LogP contribution is 2.19. The van der Waals surface area contributed by atoms with Crippen LogP contribution in [0.2, 0.25) is 0 Å². The summed E-state index contributed by atoms with van der Waals surface area (Å²) in [6, 6.07) is 8.09. The van der Waals surface area contributed by atoms with Gasteiger partial charge >= 0.3 is 0 Å². The third-order valence-electron chi connectivity index (χ3n) is 1.84. The van der Waals surface area contributed by atoms with Crippen molar-refractivity contribution in [1.82, 2.24) is 5.32 Å². The Morgan fingerprint density at radius 2 is 2.14 bits per heavy atom. The number of hydrogen-bond acceptors (Lipinski definition) is 2. The van der Waals surface area contributed by atoms with E-state index in [0.717, 1.165) is 31.9 Å². The summed E-state index contributed by atoms with van der Waals surface area (Å²) in [5.41, 5.74) is 0. The average Bonchev–Trinajstić information content (AvgIpc) is 2.20. The number of nitrogens with one attached hydrogen (secondary N) is 1. The van der Waals surface area contributed by atoms with Gasteiger partial charge < -0.3 is 10.1 Å². The van der Waals surface area contributed by atoms with Crippen molar-refractivity contribution in [3.05, 3.63) is 27.8 Å². The molecule has 14 heavy (non-hydrogen) atoms. The number of para-hydroxylation sites is 1. The summed E-state index contributed by atoms with van der Waals surface area (Å²) in [6.45, 7) is 4.96. The van der Waals surface area contributed by atoms with Crippen LogP contribution in [0.1, 0.15) is 13.3 Å². The van der Waals surface area contributed by atoms with Gasteiger partial charge in [0.25, 0.3) is 0 Å². The Labute approximate surface area is 99.2 Å². The third-order valence-corrected chi connectivity index (χ3v) is 2.73. The maximum Gasteiger partial charge on any atom is 0.132 e. The summed E-state index contributed by atoms with van der Waals surface area (Å²) in [5.74, 6) is 0.990. The van der Waals surface area contributed by atoms with Crippen LogP contribution in [-0.2, 0) is 0 Å². The van der Waals surface area contributed by atoms with Crippen molar-refractivity contribution in [2.24, 2.45) is 0 Å². The number of hydrogen-bond donors (Lipinski definition) is 1. The highest BCUT2D eigenvalue weighted by molar-refractivity contribution is 14.1. The van der Waals surface area contributed by atoms with Gasteiger partial charge in [-0.05, 0) is 54.2 Å². The molecule has 78 valence electrons. The molecule has 0 saturated heterocycles. The molecular formula is C11H16INO. The van der Waals surface area contributed by atoms with Gasteiger partial charge in [0.05, 0.1) is 10.2 Å². The molecule has 0 unspecified atom stereocenters. The van der Waals surface area contributed by atoms with Gasteiger partial charge in [-0.15, -0.1) is 0 Å². The second kappa shape index (κ2) is 7.06. The van der Waals surface area contributed by atoms with Gasteiger partial charge in [-0.25, -0.2) is 0 Å². The quantitative estimate of drug-likeness (QED) is 0.644. The van der Waals surface area contributed by atoms with Gasteiger partial charge in [0.2, 0.25) is 0 Å². The molecule has 0 aliphatic carbocycles. The lowest BCUT2D eigenvalue weighted by molar-refractivity contribution is 0.306.